The molecule has 0 spiro atoms. The minimum Gasteiger partial charge on any atom is -0.330 e. The molecule has 1 fully saturated rings. The molecule has 0 radical (unpaired) electrons. The highest BCUT2D eigenvalue weighted by atomic mass is 14.6. The van der Waals surface area contributed by atoms with Gasteiger partial charge in [0.25, 0.3) is 0 Å². The zero-order valence-corrected chi connectivity index (χ0v) is 12.0. The summed E-state index contributed by atoms with van der Waals surface area (Å²) in [6.45, 7) is 12.7. The molecular formula is C15H31N. The van der Waals surface area contributed by atoms with Gasteiger partial charge in [0.2, 0.25) is 0 Å². The molecule has 1 heteroatoms. The Kier molecular flexibility index (Phi) is 4.10. The van der Waals surface area contributed by atoms with E-state index in [0.717, 1.165) is 6.54 Å². The molecule has 2 N–H and O–H groups in total. The Morgan fingerprint density at radius 3 is 1.88 bits per heavy atom. The normalized spacial score (nSPS) is 24.4. The van der Waals surface area contributed by atoms with Gasteiger partial charge in [-0.25, -0.2) is 0 Å². The van der Waals surface area contributed by atoms with Crippen molar-refractivity contribution in [3.8, 4) is 0 Å². The second kappa shape index (κ2) is 4.68. The molecule has 0 aromatic rings. The Morgan fingerprint density at radius 1 is 1.00 bits per heavy atom. The molecule has 0 unspecified atom stereocenters. The Bertz CT molecular complexity index is 212. The van der Waals surface area contributed by atoms with Gasteiger partial charge >= 0.3 is 0 Å². The van der Waals surface area contributed by atoms with E-state index in [1.54, 1.807) is 0 Å². The Morgan fingerprint density at radius 2 is 1.50 bits per heavy atom. The van der Waals surface area contributed by atoms with Gasteiger partial charge in [0.15, 0.2) is 0 Å². The Labute approximate surface area is 102 Å². The molecule has 16 heavy (non-hydrogen) atoms. The molecule has 0 aromatic heterocycles. The van der Waals surface area contributed by atoms with Crippen molar-refractivity contribution in [2.45, 2.75) is 73.1 Å². The molecule has 1 saturated carbocycles. The quantitative estimate of drug-likeness (QED) is 0.759. The van der Waals surface area contributed by atoms with E-state index in [4.69, 9.17) is 5.73 Å². The first kappa shape index (κ1) is 14.0. The van der Waals surface area contributed by atoms with Crippen molar-refractivity contribution in [3.05, 3.63) is 0 Å². The van der Waals surface area contributed by atoms with Crippen LogP contribution in [0.3, 0.4) is 0 Å². The van der Waals surface area contributed by atoms with Crippen LogP contribution in [-0.4, -0.2) is 6.54 Å². The van der Waals surface area contributed by atoms with E-state index in [1.807, 2.05) is 0 Å². The second-order valence-corrected chi connectivity index (χ2v) is 7.93. The summed E-state index contributed by atoms with van der Waals surface area (Å²) in [5, 5.41) is 0. The Hall–Kier alpha value is -0.0400. The average Bonchev–Trinajstić information content (AvgIpc) is 2.16. The van der Waals surface area contributed by atoms with Crippen LogP contribution in [-0.2, 0) is 0 Å². The number of hydrogen-bond acceptors (Lipinski definition) is 1. The van der Waals surface area contributed by atoms with Crippen molar-refractivity contribution in [1.29, 1.82) is 0 Å². The first-order valence-corrected chi connectivity index (χ1v) is 6.88. The molecule has 0 saturated heterocycles. The van der Waals surface area contributed by atoms with Crippen molar-refractivity contribution in [2.75, 3.05) is 6.54 Å². The molecule has 1 aliphatic carbocycles. The van der Waals surface area contributed by atoms with E-state index in [-0.39, 0.29) is 0 Å². The topological polar surface area (TPSA) is 26.0 Å². The first-order valence-electron chi connectivity index (χ1n) is 6.88. The van der Waals surface area contributed by atoms with Crippen LogP contribution in [0.2, 0.25) is 0 Å². The van der Waals surface area contributed by atoms with Crippen LogP contribution in [0.1, 0.15) is 73.1 Å². The van der Waals surface area contributed by atoms with Gasteiger partial charge < -0.3 is 5.73 Å². The highest BCUT2D eigenvalue weighted by Gasteiger charge is 2.37. The van der Waals surface area contributed by atoms with E-state index >= 15 is 0 Å². The van der Waals surface area contributed by atoms with Crippen molar-refractivity contribution in [2.24, 2.45) is 22.0 Å². The minimum atomic E-state index is 0.454. The maximum atomic E-state index is 6.06. The van der Waals surface area contributed by atoms with Crippen LogP contribution in [0.15, 0.2) is 0 Å². The lowest BCUT2D eigenvalue weighted by atomic mass is 9.62. The summed E-state index contributed by atoms with van der Waals surface area (Å²) in [6, 6.07) is 0. The van der Waals surface area contributed by atoms with Gasteiger partial charge in [0.05, 0.1) is 0 Å². The molecule has 0 aromatic carbocycles. The molecule has 1 aliphatic rings. The summed E-state index contributed by atoms with van der Waals surface area (Å²) < 4.78 is 0. The lowest BCUT2D eigenvalue weighted by Gasteiger charge is -2.44. The summed E-state index contributed by atoms with van der Waals surface area (Å²) in [5.74, 6) is 0. The maximum Gasteiger partial charge on any atom is -0.00205 e. The third kappa shape index (κ3) is 4.08. The summed E-state index contributed by atoms with van der Waals surface area (Å²) in [6.07, 6.45) is 8.02. The highest BCUT2D eigenvalue weighted by Crippen LogP contribution is 2.47. The first-order chi connectivity index (χ1) is 7.18. The van der Waals surface area contributed by atoms with Gasteiger partial charge in [0, 0.05) is 0 Å². The summed E-state index contributed by atoms with van der Waals surface area (Å²) in [4.78, 5) is 0. The van der Waals surface area contributed by atoms with Crippen LogP contribution < -0.4 is 5.73 Å². The molecule has 1 nitrogen and oxygen atoms in total. The molecule has 0 atom stereocenters. The minimum absolute atomic E-state index is 0.454. The van der Waals surface area contributed by atoms with Crippen molar-refractivity contribution < 1.29 is 0 Å². The van der Waals surface area contributed by atoms with E-state index in [9.17, 15) is 0 Å². The lowest BCUT2D eigenvalue weighted by molar-refractivity contribution is 0.0871. The SMILES string of the molecule is CC(C)(C)CCC1(CN)CCC(C)(C)CC1. The zero-order chi connectivity index (χ0) is 12.4. The fourth-order valence-electron chi connectivity index (χ4n) is 2.65. The molecule has 0 bridgehead atoms. The molecule has 0 aliphatic heterocycles. The fourth-order valence-corrected chi connectivity index (χ4v) is 2.65. The van der Waals surface area contributed by atoms with Crippen molar-refractivity contribution in [1.82, 2.24) is 0 Å². The van der Waals surface area contributed by atoms with Crippen molar-refractivity contribution >= 4 is 0 Å². The Balaban J connectivity index is 2.53. The molecular weight excluding hydrogens is 194 g/mol. The molecule has 96 valence electrons. The standard InChI is InChI=1S/C15H31N/c1-13(2,3)6-9-15(12-16)10-7-14(4,5)8-11-15/h6-12,16H2,1-5H3. The molecule has 0 heterocycles. The third-order valence-electron chi connectivity index (χ3n) is 4.50. The van der Waals surface area contributed by atoms with E-state index in [2.05, 4.69) is 34.6 Å². The summed E-state index contributed by atoms with van der Waals surface area (Å²) >= 11 is 0. The summed E-state index contributed by atoms with van der Waals surface area (Å²) in [7, 11) is 0. The average molecular weight is 225 g/mol. The molecule has 0 amide bonds. The lowest BCUT2D eigenvalue weighted by Crippen LogP contribution is -2.37. The van der Waals surface area contributed by atoms with Gasteiger partial charge in [-0.05, 0) is 61.3 Å². The largest absolute Gasteiger partial charge is 0.330 e. The fraction of sp³-hybridized carbons (Fsp3) is 1.00. The van der Waals surface area contributed by atoms with Gasteiger partial charge in [-0.2, -0.15) is 0 Å². The van der Waals surface area contributed by atoms with Crippen LogP contribution in [0, 0.1) is 16.2 Å². The monoisotopic (exact) mass is 225 g/mol. The van der Waals surface area contributed by atoms with Crippen LogP contribution in [0.4, 0.5) is 0 Å². The van der Waals surface area contributed by atoms with E-state index in [0.29, 0.717) is 16.2 Å². The summed E-state index contributed by atoms with van der Waals surface area (Å²) in [5.41, 5.74) is 7.53. The third-order valence-corrected chi connectivity index (χ3v) is 4.50. The number of nitrogens with two attached hydrogens (primary N) is 1. The van der Waals surface area contributed by atoms with Crippen LogP contribution in [0.25, 0.3) is 0 Å². The van der Waals surface area contributed by atoms with Gasteiger partial charge in [-0.15, -0.1) is 0 Å². The maximum absolute atomic E-state index is 6.06. The van der Waals surface area contributed by atoms with E-state index < -0.39 is 0 Å². The predicted molar refractivity (Wildman–Crippen MR) is 72.4 cm³/mol. The molecule has 1 rings (SSSR count). The van der Waals surface area contributed by atoms with Crippen molar-refractivity contribution in [3.63, 3.8) is 0 Å². The van der Waals surface area contributed by atoms with Gasteiger partial charge in [-0.1, -0.05) is 34.6 Å². The van der Waals surface area contributed by atoms with Crippen LogP contribution >= 0.6 is 0 Å². The predicted octanol–water partition coefficient (Wildman–Crippen LogP) is 4.36. The number of rotatable bonds is 3. The van der Waals surface area contributed by atoms with Gasteiger partial charge in [-0.3, -0.25) is 0 Å². The number of hydrogen-bond donors (Lipinski definition) is 1. The van der Waals surface area contributed by atoms with Gasteiger partial charge in [0.1, 0.15) is 0 Å². The highest BCUT2D eigenvalue weighted by molar-refractivity contribution is 4.90. The zero-order valence-electron chi connectivity index (χ0n) is 12.0. The van der Waals surface area contributed by atoms with E-state index in [1.165, 1.54) is 38.5 Å². The smallest absolute Gasteiger partial charge is 0.00205 e. The van der Waals surface area contributed by atoms with Crippen LogP contribution in [0.5, 0.6) is 0 Å². The second-order valence-electron chi connectivity index (χ2n) is 7.93.